The van der Waals surface area contributed by atoms with E-state index in [2.05, 4.69) is 68.1 Å². The molecule has 100 heavy (non-hydrogen) atoms. The molecule has 0 aliphatic heterocycles. The van der Waals surface area contributed by atoms with Gasteiger partial charge >= 0.3 is 5.97 Å². The summed E-state index contributed by atoms with van der Waals surface area (Å²) < 4.78 is 0. The van der Waals surface area contributed by atoms with Crippen molar-refractivity contribution in [2.45, 2.75) is 132 Å². The maximum Gasteiger partial charge on any atom is 0.326 e. The van der Waals surface area contributed by atoms with E-state index in [1.54, 1.807) is 91.1 Å². The highest BCUT2D eigenvalue weighted by Crippen LogP contribution is 2.21. The summed E-state index contributed by atoms with van der Waals surface area (Å²) in [5, 5.41) is 65.4. The summed E-state index contributed by atoms with van der Waals surface area (Å²) in [5.74, 6) is -9.46. The summed E-state index contributed by atoms with van der Waals surface area (Å²) >= 11 is 0. The average Bonchev–Trinajstić information content (AvgIpc) is 1.63. The van der Waals surface area contributed by atoms with E-state index < -0.39 is 120 Å². The molecule has 9 amide bonds. The van der Waals surface area contributed by atoms with Gasteiger partial charge in [0.15, 0.2) is 5.96 Å². The third kappa shape index (κ3) is 24.5. The molecule has 0 aliphatic carbocycles. The van der Waals surface area contributed by atoms with Gasteiger partial charge in [-0.15, -0.1) is 0 Å². The number of H-pyrrole nitrogens is 2. The van der Waals surface area contributed by atoms with E-state index in [-0.39, 0.29) is 100 Å². The average molecular weight is 1370 g/mol. The predicted molar refractivity (Wildman–Crippen MR) is 370 cm³/mol. The van der Waals surface area contributed by atoms with Crippen LogP contribution in [0.1, 0.15) is 72.5 Å². The molecule has 30 heteroatoms. The molecule has 9 atom stereocenters. The topological polar surface area (TPSA) is 498 Å². The largest absolute Gasteiger partial charge is 0.508 e. The molecule has 2 heterocycles. The van der Waals surface area contributed by atoms with Gasteiger partial charge < -0.3 is 95.7 Å². The van der Waals surface area contributed by atoms with Crippen LogP contribution < -0.4 is 70.4 Å². The first-order chi connectivity index (χ1) is 48.0. The Morgan fingerprint density at radius 2 is 0.910 bits per heavy atom. The van der Waals surface area contributed by atoms with Crippen LogP contribution in [0.2, 0.25) is 0 Å². The normalized spacial score (nSPS) is 13.8. The van der Waals surface area contributed by atoms with Crippen LogP contribution in [-0.4, -0.2) is 169 Å². The number of unbranched alkanes of at least 4 members (excludes halogenated alkanes) is 1. The number of carbonyl (C=O) groups excluding carboxylic acids is 9. The minimum absolute atomic E-state index is 0.000975. The SMILES string of the molecule is C[C@H](N)C(=O)N[C@H](Cc1ccccc1)C(=O)N[C@H](CCCNC(=N)N)C(=O)N[C@@H](Cc1ccc(O)cc1)C(=O)N[C@@H](CCCCN)C(=O)N[C@H](Cc1c[nH]c2ccccc12)C(=O)N[C@@H](Cc1c[nH]cn1)C(=O)N[C@H](Cc1ccc(O)cc1)C(=O)NCC(=O)N[C@@H](Cc1ccccc1)C(=O)O. The van der Waals surface area contributed by atoms with Gasteiger partial charge in [-0.2, -0.15) is 0 Å². The van der Waals surface area contributed by atoms with Crippen LogP contribution in [0.25, 0.3) is 10.9 Å². The number of aliphatic carboxylic acids is 1. The highest BCUT2D eigenvalue weighted by molar-refractivity contribution is 5.99. The lowest BCUT2D eigenvalue weighted by molar-refractivity contribution is -0.141. The van der Waals surface area contributed by atoms with Gasteiger partial charge in [-0.25, -0.2) is 9.78 Å². The number of guanidine groups is 1. The lowest BCUT2D eigenvalue weighted by Crippen LogP contribution is -2.61. The molecule has 2 aromatic heterocycles. The van der Waals surface area contributed by atoms with Crippen molar-refractivity contribution in [2.24, 2.45) is 17.2 Å². The number of carboxylic acids is 1. The van der Waals surface area contributed by atoms with Crippen molar-refractivity contribution in [1.82, 2.24) is 68.1 Å². The Labute approximate surface area is 576 Å². The fraction of sp³-hybridized carbons (Fsp3) is 0.343. The minimum Gasteiger partial charge on any atom is -0.508 e. The fourth-order valence-electron chi connectivity index (χ4n) is 10.8. The van der Waals surface area contributed by atoms with E-state index in [1.165, 1.54) is 68.0 Å². The first kappa shape index (κ1) is 75.7. The number of nitrogens with one attached hydrogen (secondary N) is 13. The van der Waals surface area contributed by atoms with E-state index in [4.69, 9.17) is 22.6 Å². The number of nitrogens with zero attached hydrogens (tertiary/aromatic N) is 1. The van der Waals surface area contributed by atoms with E-state index in [0.29, 0.717) is 45.1 Å². The number of hydrogen-bond donors (Lipinski definition) is 19. The van der Waals surface area contributed by atoms with Crippen molar-refractivity contribution >= 4 is 76.0 Å². The van der Waals surface area contributed by atoms with Gasteiger partial charge in [-0.05, 0) is 104 Å². The van der Waals surface area contributed by atoms with Crippen molar-refractivity contribution in [3.8, 4) is 11.5 Å². The third-order valence-electron chi connectivity index (χ3n) is 16.2. The molecule has 0 fully saturated rings. The molecule has 7 rings (SSSR count). The summed E-state index contributed by atoms with van der Waals surface area (Å²) in [6.45, 7) is 1.02. The smallest absolute Gasteiger partial charge is 0.326 e. The van der Waals surface area contributed by atoms with Gasteiger partial charge in [0.2, 0.25) is 53.2 Å². The Bertz CT molecular complexity index is 3880. The minimum atomic E-state index is -1.54. The first-order valence-corrected chi connectivity index (χ1v) is 32.6. The third-order valence-corrected chi connectivity index (χ3v) is 16.2. The number of aromatic amines is 2. The highest BCUT2D eigenvalue weighted by Gasteiger charge is 2.36. The number of amides is 9. The molecule has 0 bridgehead atoms. The van der Waals surface area contributed by atoms with Gasteiger partial charge in [-0.1, -0.05) is 103 Å². The van der Waals surface area contributed by atoms with Gasteiger partial charge in [0, 0.05) is 68.4 Å². The second kappa shape index (κ2) is 38.3. The van der Waals surface area contributed by atoms with Crippen molar-refractivity contribution in [1.29, 1.82) is 5.41 Å². The zero-order valence-corrected chi connectivity index (χ0v) is 55.1. The van der Waals surface area contributed by atoms with E-state index in [0.717, 1.165) is 0 Å². The molecule has 5 aromatic carbocycles. The van der Waals surface area contributed by atoms with Crippen molar-refractivity contribution < 1.29 is 63.3 Å². The van der Waals surface area contributed by atoms with Crippen LogP contribution in [0, 0.1) is 5.41 Å². The lowest BCUT2D eigenvalue weighted by atomic mass is 10.0. The molecular formula is C70H87N17O13. The molecule has 0 aliphatic rings. The number of hydrogen-bond acceptors (Lipinski definition) is 16. The molecule has 0 saturated heterocycles. The Hall–Kier alpha value is -11.7. The van der Waals surface area contributed by atoms with Crippen LogP contribution in [0.4, 0.5) is 0 Å². The first-order valence-electron chi connectivity index (χ1n) is 32.6. The number of aromatic nitrogens is 3. The van der Waals surface area contributed by atoms with Crippen LogP contribution in [0.15, 0.2) is 152 Å². The van der Waals surface area contributed by atoms with Crippen LogP contribution >= 0.6 is 0 Å². The number of nitrogens with two attached hydrogens (primary N) is 3. The molecular weight excluding hydrogens is 1290 g/mol. The maximum absolute atomic E-state index is 15.2. The number of fused-ring (bicyclic) bond motifs is 1. The summed E-state index contributed by atoms with van der Waals surface area (Å²) in [4.78, 5) is 152. The lowest BCUT2D eigenvalue weighted by Gasteiger charge is -2.28. The monoisotopic (exact) mass is 1370 g/mol. The zero-order valence-electron chi connectivity index (χ0n) is 55.1. The highest BCUT2D eigenvalue weighted by atomic mass is 16.4. The van der Waals surface area contributed by atoms with E-state index in [9.17, 15) is 48.9 Å². The van der Waals surface area contributed by atoms with Crippen LogP contribution in [0.5, 0.6) is 11.5 Å². The number of carbonyl (C=O) groups is 10. The second-order valence-corrected chi connectivity index (χ2v) is 24.1. The number of imidazole rings is 1. The van der Waals surface area contributed by atoms with Crippen molar-refractivity contribution in [3.63, 3.8) is 0 Å². The molecule has 7 aromatic rings. The number of rotatable bonds is 39. The predicted octanol–water partition coefficient (Wildman–Crippen LogP) is -0.123. The number of carboxylic acid groups (broad SMARTS) is 1. The van der Waals surface area contributed by atoms with E-state index in [1.807, 2.05) is 0 Å². The zero-order chi connectivity index (χ0) is 72.1. The van der Waals surface area contributed by atoms with Gasteiger partial charge in [0.05, 0.1) is 24.6 Å². The number of para-hydroxylation sites is 1. The number of aromatic hydroxyl groups is 2. The standard InChI is InChI=1S/C70H87N17O13/c1-41(72)61(91)83-55(31-42-13-4-2-5-14-42)65(95)82-53(20-12-30-76-70(73)74)64(94)85-56(33-45-23-27-49(89)28-24-45)66(96)81-52(19-10-11-29-71)63(93)86-57(35-46-37-77-51-18-9-8-17-50(46)51)67(97)87-58(36-47-38-75-40-79-47)68(98)84-54(32-44-21-25-48(88)26-22-44)62(92)78-39-60(90)80-59(69(99)100)34-43-15-6-3-7-16-43/h2-9,13-18,21-28,37-38,40-41,52-59,77,88-89H,10-12,19-20,29-36,39,71-72H2,1H3,(H,75,79)(H,78,92)(H,80,90)(H,81,96)(H,82,95)(H,83,91)(H,84,98)(H,85,94)(H,86,93)(H,87,97)(H,99,100)(H4,73,74,76)/t41-,52-,53+,54+,55+,56-,57+,58-,59-/m0/s1. The number of benzene rings is 5. The molecule has 0 unspecified atom stereocenters. The molecule has 0 saturated carbocycles. The summed E-state index contributed by atoms with van der Waals surface area (Å²) in [5.41, 5.74) is 21.1. The molecule has 22 N–H and O–H groups in total. The quantitative estimate of drug-likeness (QED) is 0.0136. The molecule has 530 valence electrons. The van der Waals surface area contributed by atoms with Crippen LogP contribution in [0.3, 0.4) is 0 Å². The van der Waals surface area contributed by atoms with Crippen LogP contribution in [-0.2, 0) is 86.5 Å². The van der Waals surface area contributed by atoms with Gasteiger partial charge in [-0.3, -0.25) is 48.6 Å². The Kier molecular flexibility index (Phi) is 29.0. The van der Waals surface area contributed by atoms with Gasteiger partial charge in [0.25, 0.3) is 0 Å². The van der Waals surface area contributed by atoms with Crippen molar-refractivity contribution in [3.05, 3.63) is 186 Å². The maximum atomic E-state index is 15.2. The summed E-state index contributed by atoms with van der Waals surface area (Å²) in [6.07, 6.45) is 4.13. The Morgan fingerprint density at radius 1 is 0.480 bits per heavy atom. The number of phenolic OH excluding ortho intramolecular Hbond substituents is 2. The second-order valence-electron chi connectivity index (χ2n) is 24.1. The molecule has 30 nitrogen and oxygen atoms in total. The Morgan fingerprint density at radius 3 is 1.39 bits per heavy atom. The van der Waals surface area contributed by atoms with Crippen molar-refractivity contribution in [2.75, 3.05) is 19.6 Å². The summed E-state index contributed by atoms with van der Waals surface area (Å²) in [7, 11) is 0. The molecule has 0 radical (unpaired) electrons. The van der Waals surface area contributed by atoms with Gasteiger partial charge in [0.1, 0.15) is 59.8 Å². The van der Waals surface area contributed by atoms with E-state index >= 15 is 14.4 Å². The Balaban J connectivity index is 1.16. The molecule has 0 spiro atoms. The number of phenols is 2. The fourth-order valence-corrected chi connectivity index (χ4v) is 10.8. The summed E-state index contributed by atoms with van der Waals surface area (Å²) in [6, 6.07) is 23.6.